The third kappa shape index (κ3) is 3.14. The molecule has 7 heteroatoms. The minimum atomic E-state index is -1.38. The quantitative estimate of drug-likeness (QED) is 0.720. The molecule has 0 spiro atoms. The maximum atomic E-state index is 12.9. The van der Waals surface area contributed by atoms with E-state index in [9.17, 15) is 14.7 Å². The zero-order valence-electron chi connectivity index (χ0n) is 15.3. The fraction of sp³-hybridized carbons (Fsp3) is 0.474. The Morgan fingerprint density at radius 3 is 2.73 bits per heavy atom. The first-order chi connectivity index (χ1) is 12.2. The summed E-state index contributed by atoms with van der Waals surface area (Å²) in [6.07, 6.45) is -0.172. The Hall–Kier alpha value is -2.54. The Kier molecular flexibility index (Phi) is 4.66. The van der Waals surface area contributed by atoms with Crippen molar-refractivity contribution in [1.82, 2.24) is 10.2 Å². The summed E-state index contributed by atoms with van der Waals surface area (Å²) >= 11 is 0. The predicted molar refractivity (Wildman–Crippen MR) is 95.3 cm³/mol. The lowest BCUT2D eigenvalue weighted by Crippen LogP contribution is -2.50. The zero-order valence-corrected chi connectivity index (χ0v) is 15.3. The van der Waals surface area contributed by atoms with Gasteiger partial charge in [-0.1, -0.05) is 12.1 Å². The first kappa shape index (κ1) is 18.3. The molecule has 0 fully saturated rings. The third-order valence-electron chi connectivity index (χ3n) is 4.80. The van der Waals surface area contributed by atoms with Gasteiger partial charge in [-0.2, -0.15) is 0 Å². The molecule has 1 aliphatic carbocycles. The molecule has 0 saturated heterocycles. The molecular weight excluding hydrogens is 336 g/mol. The van der Waals surface area contributed by atoms with Crippen molar-refractivity contribution in [2.75, 3.05) is 7.11 Å². The standard InChI is InChI=1S/C19H24N2O5/c1-10(2)26-18(23)16-14(11-6-5-7-12(8-11)25-4)15-13(9-19(16,3)24)20-21-17(15)22/h5-8,10,14,16,24H,9H2,1-4H3,(H2,20,21,22)/t14-,16-,19-/m1/s1. The first-order valence-corrected chi connectivity index (χ1v) is 8.61. The summed E-state index contributed by atoms with van der Waals surface area (Å²) in [4.78, 5) is 25.3. The lowest BCUT2D eigenvalue weighted by Gasteiger charge is -2.40. The van der Waals surface area contributed by atoms with E-state index >= 15 is 0 Å². The molecule has 1 aromatic carbocycles. The molecule has 0 aliphatic heterocycles. The van der Waals surface area contributed by atoms with Crippen molar-refractivity contribution in [2.24, 2.45) is 5.92 Å². The highest BCUT2D eigenvalue weighted by molar-refractivity contribution is 5.77. The summed E-state index contributed by atoms with van der Waals surface area (Å²) < 4.78 is 10.7. The summed E-state index contributed by atoms with van der Waals surface area (Å²) in [5.74, 6) is -1.48. The smallest absolute Gasteiger partial charge is 0.313 e. The molecule has 26 heavy (non-hydrogen) atoms. The summed E-state index contributed by atoms with van der Waals surface area (Å²) in [6.45, 7) is 5.11. The van der Waals surface area contributed by atoms with Gasteiger partial charge in [0.2, 0.25) is 0 Å². The number of H-pyrrole nitrogens is 2. The van der Waals surface area contributed by atoms with E-state index in [1.54, 1.807) is 46.1 Å². The number of hydrogen-bond acceptors (Lipinski definition) is 5. The van der Waals surface area contributed by atoms with E-state index in [1.807, 2.05) is 6.07 Å². The number of hydrogen-bond donors (Lipinski definition) is 3. The third-order valence-corrected chi connectivity index (χ3v) is 4.80. The predicted octanol–water partition coefficient (Wildman–Crippen LogP) is 1.72. The molecule has 0 saturated carbocycles. The van der Waals surface area contributed by atoms with E-state index in [0.29, 0.717) is 22.6 Å². The lowest BCUT2D eigenvalue weighted by molar-refractivity contribution is -0.163. The van der Waals surface area contributed by atoms with Gasteiger partial charge in [-0.3, -0.25) is 14.7 Å². The molecule has 1 aromatic heterocycles. The molecule has 2 aromatic rings. The second-order valence-corrected chi connectivity index (χ2v) is 7.22. The van der Waals surface area contributed by atoms with Gasteiger partial charge in [0.25, 0.3) is 5.56 Å². The minimum Gasteiger partial charge on any atom is -0.497 e. The van der Waals surface area contributed by atoms with Crippen molar-refractivity contribution >= 4 is 5.97 Å². The molecule has 3 rings (SSSR count). The van der Waals surface area contributed by atoms with Gasteiger partial charge in [-0.25, -0.2) is 0 Å². The number of carbonyl (C=O) groups excluding carboxylic acids is 1. The Morgan fingerprint density at radius 1 is 1.35 bits per heavy atom. The SMILES string of the molecule is COc1cccc([C@@H]2c3c([nH][nH]c3=O)C[C@@](C)(O)[C@H]2C(=O)OC(C)C)c1. The molecule has 3 atom stereocenters. The van der Waals surface area contributed by atoms with Crippen LogP contribution in [0.25, 0.3) is 0 Å². The number of aliphatic hydroxyl groups is 1. The fourth-order valence-corrected chi connectivity index (χ4v) is 3.76. The molecule has 1 aliphatic rings. The van der Waals surface area contributed by atoms with Crippen LogP contribution in [0.5, 0.6) is 5.75 Å². The second-order valence-electron chi connectivity index (χ2n) is 7.22. The van der Waals surface area contributed by atoms with E-state index in [1.165, 1.54) is 0 Å². The normalized spacial score (nSPS) is 25.0. The van der Waals surface area contributed by atoms with Crippen molar-refractivity contribution in [3.8, 4) is 5.75 Å². The van der Waals surface area contributed by atoms with Gasteiger partial charge in [0.1, 0.15) is 5.75 Å². The monoisotopic (exact) mass is 360 g/mol. The van der Waals surface area contributed by atoms with Gasteiger partial charge < -0.3 is 19.7 Å². The van der Waals surface area contributed by atoms with E-state index in [2.05, 4.69) is 10.2 Å². The molecule has 140 valence electrons. The van der Waals surface area contributed by atoms with Crippen LogP contribution in [-0.2, 0) is 16.0 Å². The molecular formula is C19H24N2O5. The molecule has 0 unspecified atom stereocenters. The van der Waals surface area contributed by atoms with Crippen molar-refractivity contribution in [1.29, 1.82) is 0 Å². The Labute approximate surface area is 151 Å². The van der Waals surface area contributed by atoms with E-state index in [-0.39, 0.29) is 18.1 Å². The highest BCUT2D eigenvalue weighted by Crippen LogP contribution is 2.45. The van der Waals surface area contributed by atoms with Crippen molar-refractivity contribution < 1.29 is 19.4 Å². The van der Waals surface area contributed by atoms with E-state index in [4.69, 9.17) is 9.47 Å². The van der Waals surface area contributed by atoms with Gasteiger partial charge in [0.15, 0.2) is 0 Å². The molecule has 0 radical (unpaired) electrons. The molecule has 7 nitrogen and oxygen atoms in total. The molecule has 0 bridgehead atoms. The Balaban J connectivity index is 2.20. The molecule has 0 amide bonds. The first-order valence-electron chi connectivity index (χ1n) is 8.61. The average molecular weight is 360 g/mol. The minimum absolute atomic E-state index is 0.152. The van der Waals surface area contributed by atoms with Gasteiger partial charge in [0, 0.05) is 23.6 Å². The summed E-state index contributed by atoms with van der Waals surface area (Å²) in [7, 11) is 1.55. The number of ether oxygens (including phenoxy) is 2. The lowest BCUT2D eigenvalue weighted by atomic mass is 9.66. The Bertz CT molecular complexity index is 865. The molecule has 3 N–H and O–H groups in total. The van der Waals surface area contributed by atoms with Crippen LogP contribution in [0.15, 0.2) is 29.1 Å². The fourth-order valence-electron chi connectivity index (χ4n) is 3.76. The van der Waals surface area contributed by atoms with Gasteiger partial charge in [-0.05, 0) is 38.5 Å². The van der Waals surface area contributed by atoms with Crippen LogP contribution in [-0.4, -0.2) is 40.1 Å². The maximum Gasteiger partial charge on any atom is 0.313 e. The number of carbonyl (C=O) groups is 1. The van der Waals surface area contributed by atoms with Crippen LogP contribution in [0.1, 0.15) is 43.5 Å². The summed E-state index contributed by atoms with van der Waals surface area (Å²) in [6, 6.07) is 7.18. The van der Waals surface area contributed by atoms with Crippen LogP contribution < -0.4 is 10.3 Å². The molecule has 1 heterocycles. The number of methoxy groups -OCH3 is 1. The van der Waals surface area contributed by atoms with E-state index in [0.717, 1.165) is 0 Å². The summed E-state index contributed by atoms with van der Waals surface area (Å²) in [5.41, 5.74) is 0.0849. The second kappa shape index (κ2) is 6.64. The van der Waals surface area contributed by atoms with Crippen molar-refractivity contribution in [2.45, 2.75) is 44.8 Å². The number of esters is 1. The van der Waals surface area contributed by atoms with Crippen LogP contribution >= 0.6 is 0 Å². The van der Waals surface area contributed by atoms with Crippen molar-refractivity contribution in [3.05, 3.63) is 51.4 Å². The van der Waals surface area contributed by atoms with Crippen LogP contribution in [0.3, 0.4) is 0 Å². The highest BCUT2D eigenvalue weighted by Gasteiger charge is 2.51. The Morgan fingerprint density at radius 2 is 2.08 bits per heavy atom. The largest absolute Gasteiger partial charge is 0.497 e. The van der Waals surface area contributed by atoms with Crippen molar-refractivity contribution in [3.63, 3.8) is 0 Å². The van der Waals surface area contributed by atoms with Gasteiger partial charge in [-0.15, -0.1) is 0 Å². The maximum absolute atomic E-state index is 12.9. The number of rotatable bonds is 4. The van der Waals surface area contributed by atoms with Gasteiger partial charge in [0.05, 0.1) is 24.7 Å². The average Bonchev–Trinajstić information content (AvgIpc) is 2.92. The zero-order chi connectivity index (χ0) is 19.1. The highest BCUT2D eigenvalue weighted by atomic mass is 16.5. The number of nitrogens with one attached hydrogen (secondary N) is 2. The number of aromatic amines is 2. The number of fused-ring (bicyclic) bond motifs is 1. The number of aromatic nitrogens is 2. The van der Waals surface area contributed by atoms with Crippen LogP contribution in [0.2, 0.25) is 0 Å². The van der Waals surface area contributed by atoms with Crippen LogP contribution in [0, 0.1) is 5.92 Å². The summed E-state index contributed by atoms with van der Waals surface area (Å²) in [5, 5.41) is 16.5. The number of benzene rings is 1. The van der Waals surface area contributed by atoms with Gasteiger partial charge >= 0.3 is 5.97 Å². The van der Waals surface area contributed by atoms with E-state index < -0.39 is 23.4 Å². The van der Waals surface area contributed by atoms with Crippen LogP contribution in [0.4, 0.5) is 0 Å². The topological polar surface area (TPSA) is 104 Å².